The van der Waals surface area contributed by atoms with Crippen LogP contribution in [0.25, 0.3) is 0 Å². The molecule has 0 bridgehead atoms. The largest absolute Gasteiger partial charge is 0.321 e. The highest BCUT2D eigenvalue weighted by atomic mass is 35.5. The molecule has 0 spiro atoms. The third-order valence-corrected chi connectivity index (χ3v) is 3.88. The minimum absolute atomic E-state index is 0. The van der Waals surface area contributed by atoms with Gasteiger partial charge in [0.25, 0.3) is 5.91 Å². The van der Waals surface area contributed by atoms with E-state index in [-0.39, 0.29) is 18.3 Å². The summed E-state index contributed by atoms with van der Waals surface area (Å²) in [6.07, 6.45) is 2.63. The van der Waals surface area contributed by atoms with Crippen molar-refractivity contribution in [3.05, 3.63) is 58.9 Å². The fraction of sp³-hybridized carbons (Fsp3) is 0.250. The Morgan fingerprint density at radius 1 is 1.23 bits per heavy atom. The number of amides is 1. The second-order valence-corrected chi connectivity index (χ2v) is 5.56. The predicted molar refractivity (Wildman–Crippen MR) is 91.1 cm³/mol. The Balaban J connectivity index is 0.00000176. The zero-order valence-electron chi connectivity index (χ0n) is 11.9. The van der Waals surface area contributed by atoms with Gasteiger partial charge < -0.3 is 10.6 Å². The lowest BCUT2D eigenvalue weighted by molar-refractivity contribution is 0.102. The number of aromatic nitrogens is 1. The summed E-state index contributed by atoms with van der Waals surface area (Å²) in [5.41, 5.74) is 2.43. The normalized spacial score (nSPS) is 16.9. The first-order valence-corrected chi connectivity index (χ1v) is 7.34. The maximum Gasteiger partial charge on any atom is 0.274 e. The van der Waals surface area contributed by atoms with Crippen molar-refractivity contribution in [2.75, 3.05) is 18.4 Å². The molecule has 1 aromatic heterocycles. The van der Waals surface area contributed by atoms with E-state index in [0.717, 1.165) is 18.8 Å². The number of pyridine rings is 1. The van der Waals surface area contributed by atoms with Crippen molar-refractivity contribution in [2.45, 2.75) is 12.3 Å². The van der Waals surface area contributed by atoms with Crippen LogP contribution in [0.2, 0.25) is 5.02 Å². The first-order chi connectivity index (χ1) is 10.2. The maximum absolute atomic E-state index is 12.0. The third-order valence-electron chi connectivity index (χ3n) is 3.66. The molecule has 0 unspecified atom stereocenters. The standard InChI is InChI=1S/C16H16ClN3O.ClH/c17-13-3-6-15(19-10-13)16(21)20-14-4-1-11(2-5-14)12-7-8-18-9-12;/h1-6,10,12,18H,7-9H2,(H,20,21);1H/t12-;/m0./s1. The number of halogens is 2. The van der Waals surface area contributed by atoms with Crippen LogP contribution in [0.4, 0.5) is 5.69 Å². The number of anilines is 1. The van der Waals surface area contributed by atoms with Crippen LogP contribution in [0.3, 0.4) is 0 Å². The Hall–Kier alpha value is -1.62. The van der Waals surface area contributed by atoms with Crippen LogP contribution >= 0.6 is 24.0 Å². The van der Waals surface area contributed by atoms with Gasteiger partial charge in [-0.15, -0.1) is 12.4 Å². The van der Waals surface area contributed by atoms with E-state index in [1.54, 1.807) is 12.1 Å². The fourth-order valence-corrected chi connectivity index (χ4v) is 2.59. The van der Waals surface area contributed by atoms with Crippen LogP contribution in [0.5, 0.6) is 0 Å². The number of nitrogens with one attached hydrogen (secondary N) is 2. The van der Waals surface area contributed by atoms with Gasteiger partial charge >= 0.3 is 0 Å². The molecule has 1 aliphatic heterocycles. The average molecular weight is 338 g/mol. The first-order valence-electron chi connectivity index (χ1n) is 6.96. The fourth-order valence-electron chi connectivity index (χ4n) is 2.48. The number of hydrogen-bond acceptors (Lipinski definition) is 3. The van der Waals surface area contributed by atoms with Gasteiger partial charge in [0, 0.05) is 18.4 Å². The van der Waals surface area contributed by atoms with Gasteiger partial charge in [0.2, 0.25) is 0 Å². The summed E-state index contributed by atoms with van der Waals surface area (Å²) in [6, 6.07) is 11.3. The van der Waals surface area contributed by atoms with Gasteiger partial charge in [-0.2, -0.15) is 0 Å². The molecular formula is C16H17Cl2N3O. The summed E-state index contributed by atoms with van der Waals surface area (Å²) < 4.78 is 0. The molecular weight excluding hydrogens is 321 g/mol. The second-order valence-electron chi connectivity index (χ2n) is 5.13. The van der Waals surface area contributed by atoms with Crippen molar-refractivity contribution >= 4 is 35.6 Å². The van der Waals surface area contributed by atoms with Gasteiger partial charge in [-0.25, -0.2) is 4.98 Å². The molecule has 0 aliphatic carbocycles. The van der Waals surface area contributed by atoms with E-state index in [2.05, 4.69) is 27.8 Å². The van der Waals surface area contributed by atoms with Crippen LogP contribution in [0, 0.1) is 0 Å². The number of benzene rings is 1. The molecule has 0 saturated carbocycles. The first kappa shape index (κ1) is 16.7. The Morgan fingerprint density at radius 3 is 2.59 bits per heavy atom. The molecule has 2 N–H and O–H groups in total. The zero-order chi connectivity index (χ0) is 14.7. The molecule has 1 fully saturated rings. The van der Waals surface area contributed by atoms with Crippen molar-refractivity contribution in [3.8, 4) is 0 Å². The summed E-state index contributed by atoms with van der Waals surface area (Å²) in [5.74, 6) is 0.342. The van der Waals surface area contributed by atoms with Crippen molar-refractivity contribution in [3.63, 3.8) is 0 Å². The SMILES string of the molecule is Cl.O=C(Nc1ccc([C@H]2CCNC2)cc1)c1ccc(Cl)cn1. The van der Waals surface area contributed by atoms with E-state index < -0.39 is 0 Å². The highest BCUT2D eigenvalue weighted by Crippen LogP contribution is 2.23. The monoisotopic (exact) mass is 337 g/mol. The van der Waals surface area contributed by atoms with Crippen LogP contribution < -0.4 is 10.6 Å². The maximum atomic E-state index is 12.0. The van der Waals surface area contributed by atoms with Crippen LogP contribution in [0.15, 0.2) is 42.6 Å². The van der Waals surface area contributed by atoms with Gasteiger partial charge in [-0.05, 0) is 48.7 Å². The van der Waals surface area contributed by atoms with Crippen molar-refractivity contribution in [1.29, 1.82) is 0 Å². The number of hydrogen-bond donors (Lipinski definition) is 2. The van der Waals surface area contributed by atoms with E-state index in [9.17, 15) is 4.79 Å². The summed E-state index contributed by atoms with van der Waals surface area (Å²) >= 11 is 5.76. The number of rotatable bonds is 3. The van der Waals surface area contributed by atoms with Gasteiger partial charge in [-0.3, -0.25) is 4.79 Å². The molecule has 1 aromatic carbocycles. The highest BCUT2D eigenvalue weighted by Gasteiger charge is 2.16. The predicted octanol–water partition coefficient (Wildman–Crippen LogP) is 3.49. The van der Waals surface area contributed by atoms with E-state index in [1.807, 2.05) is 12.1 Å². The molecule has 6 heteroatoms. The minimum atomic E-state index is -0.234. The molecule has 1 amide bonds. The average Bonchev–Trinajstić information content (AvgIpc) is 3.03. The van der Waals surface area contributed by atoms with Crippen molar-refractivity contribution in [1.82, 2.24) is 10.3 Å². The lowest BCUT2D eigenvalue weighted by Gasteiger charge is -2.10. The molecule has 4 nitrogen and oxygen atoms in total. The molecule has 0 radical (unpaired) electrons. The molecule has 22 heavy (non-hydrogen) atoms. The number of carbonyl (C=O) groups excluding carboxylic acids is 1. The molecule has 1 atom stereocenters. The van der Waals surface area contributed by atoms with Gasteiger partial charge in [0.05, 0.1) is 5.02 Å². The Labute approximate surface area is 140 Å². The third kappa shape index (κ3) is 3.97. The van der Waals surface area contributed by atoms with Gasteiger partial charge in [0.15, 0.2) is 0 Å². The van der Waals surface area contributed by atoms with E-state index in [4.69, 9.17) is 11.6 Å². The summed E-state index contributed by atoms with van der Waals surface area (Å²) in [7, 11) is 0. The van der Waals surface area contributed by atoms with Gasteiger partial charge in [0.1, 0.15) is 5.69 Å². The van der Waals surface area contributed by atoms with Crippen LogP contribution in [-0.2, 0) is 0 Å². The topological polar surface area (TPSA) is 54.0 Å². The summed E-state index contributed by atoms with van der Waals surface area (Å²) in [4.78, 5) is 16.0. The summed E-state index contributed by atoms with van der Waals surface area (Å²) in [5, 5.41) is 6.71. The number of carbonyl (C=O) groups is 1. The summed E-state index contributed by atoms with van der Waals surface area (Å²) in [6.45, 7) is 2.10. The zero-order valence-corrected chi connectivity index (χ0v) is 13.5. The molecule has 2 aromatic rings. The van der Waals surface area contributed by atoms with Gasteiger partial charge in [-0.1, -0.05) is 23.7 Å². The van der Waals surface area contributed by atoms with Crippen LogP contribution in [-0.4, -0.2) is 24.0 Å². The quantitative estimate of drug-likeness (QED) is 0.901. The highest BCUT2D eigenvalue weighted by molar-refractivity contribution is 6.30. The Bertz CT molecular complexity index is 623. The molecule has 1 aliphatic rings. The second kappa shape index (κ2) is 7.58. The lowest BCUT2D eigenvalue weighted by Crippen LogP contribution is -2.13. The molecule has 3 rings (SSSR count). The lowest BCUT2D eigenvalue weighted by atomic mass is 9.98. The van der Waals surface area contributed by atoms with E-state index >= 15 is 0 Å². The van der Waals surface area contributed by atoms with Crippen molar-refractivity contribution in [2.24, 2.45) is 0 Å². The molecule has 2 heterocycles. The van der Waals surface area contributed by atoms with E-state index in [1.165, 1.54) is 18.2 Å². The number of nitrogens with zero attached hydrogens (tertiary/aromatic N) is 1. The van der Waals surface area contributed by atoms with Crippen molar-refractivity contribution < 1.29 is 4.79 Å². The smallest absolute Gasteiger partial charge is 0.274 e. The van der Waals surface area contributed by atoms with E-state index in [0.29, 0.717) is 16.6 Å². The molecule has 116 valence electrons. The Morgan fingerprint density at radius 2 is 2.00 bits per heavy atom. The molecule has 1 saturated heterocycles. The Kier molecular flexibility index (Phi) is 5.77. The van der Waals surface area contributed by atoms with Crippen LogP contribution in [0.1, 0.15) is 28.4 Å². The minimum Gasteiger partial charge on any atom is -0.321 e.